The first kappa shape index (κ1) is 23.2. The Hall–Kier alpha value is -2.51. The lowest BCUT2D eigenvalue weighted by Gasteiger charge is -2.35. The van der Waals surface area contributed by atoms with Crippen molar-refractivity contribution < 1.29 is 17.6 Å². The summed E-state index contributed by atoms with van der Waals surface area (Å²) in [7, 11) is -3.72. The summed E-state index contributed by atoms with van der Waals surface area (Å²) in [6.07, 6.45) is 0.0743. The van der Waals surface area contributed by atoms with Gasteiger partial charge in [-0.1, -0.05) is 17.7 Å². The summed E-state index contributed by atoms with van der Waals surface area (Å²) in [6, 6.07) is 12.2. The second-order valence-electron chi connectivity index (χ2n) is 7.10. The molecule has 1 N–H and O–H groups in total. The van der Waals surface area contributed by atoms with Gasteiger partial charge in [0, 0.05) is 61.8 Å². The molecule has 0 radical (unpaired) electrons. The normalized spacial score (nSPS) is 14.9. The summed E-state index contributed by atoms with van der Waals surface area (Å²) >= 11 is 6.10. The van der Waals surface area contributed by atoms with Gasteiger partial charge in [0.15, 0.2) is 0 Å². The second-order valence-corrected chi connectivity index (χ2v) is 9.27. The minimum Gasteiger partial charge on any atom is -0.336 e. The Morgan fingerprint density at radius 2 is 1.81 bits per heavy atom. The first-order valence-electron chi connectivity index (χ1n) is 9.73. The van der Waals surface area contributed by atoms with Crippen molar-refractivity contribution in [2.24, 2.45) is 0 Å². The first-order valence-corrected chi connectivity index (χ1v) is 11.6. The van der Waals surface area contributed by atoms with Gasteiger partial charge in [-0.15, -0.1) is 0 Å². The SMILES string of the molecule is N#CCCNS(=O)(=O)c1ccc(C(=O)N2CCN(Cc3c(F)cccc3Cl)CC2)cc1. The van der Waals surface area contributed by atoms with E-state index in [1.807, 2.05) is 11.0 Å². The predicted octanol–water partition coefficient (Wildman–Crippen LogP) is 2.63. The minimum atomic E-state index is -3.72. The van der Waals surface area contributed by atoms with Crippen LogP contribution in [0.15, 0.2) is 47.4 Å². The van der Waals surface area contributed by atoms with Crippen molar-refractivity contribution >= 4 is 27.5 Å². The molecule has 31 heavy (non-hydrogen) atoms. The Kier molecular flexibility index (Phi) is 7.62. The Morgan fingerprint density at radius 3 is 2.42 bits per heavy atom. The van der Waals surface area contributed by atoms with Crippen LogP contribution in [0, 0.1) is 17.1 Å². The summed E-state index contributed by atoms with van der Waals surface area (Å²) in [6.45, 7) is 2.50. The summed E-state index contributed by atoms with van der Waals surface area (Å²) < 4.78 is 40.7. The molecule has 0 saturated carbocycles. The number of nitrogens with one attached hydrogen (secondary N) is 1. The van der Waals surface area contributed by atoms with Crippen molar-refractivity contribution in [2.75, 3.05) is 32.7 Å². The lowest BCUT2D eigenvalue weighted by atomic mass is 10.1. The Bertz CT molecular complexity index is 1060. The van der Waals surface area contributed by atoms with Gasteiger partial charge in [0.05, 0.1) is 11.0 Å². The van der Waals surface area contributed by atoms with Crippen LogP contribution in [0.3, 0.4) is 0 Å². The van der Waals surface area contributed by atoms with Gasteiger partial charge < -0.3 is 4.90 Å². The first-order chi connectivity index (χ1) is 14.8. The fraction of sp³-hybridized carbons (Fsp3) is 0.333. The zero-order valence-corrected chi connectivity index (χ0v) is 18.3. The number of carbonyl (C=O) groups excluding carboxylic acids is 1. The van der Waals surface area contributed by atoms with Crippen LogP contribution in [0.1, 0.15) is 22.3 Å². The molecule has 164 valence electrons. The highest BCUT2D eigenvalue weighted by atomic mass is 35.5. The maximum Gasteiger partial charge on any atom is 0.253 e. The Labute approximate surface area is 186 Å². The number of benzene rings is 2. The molecule has 2 aromatic rings. The van der Waals surface area contributed by atoms with Crippen molar-refractivity contribution in [3.05, 3.63) is 64.4 Å². The zero-order valence-electron chi connectivity index (χ0n) is 16.7. The van der Waals surface area contributed by atoms with Gasteiger partial charge in [-0.2, -0.15) is 5.26 Å². The summed E-state index contributed by atoms with van der Waals surface area (Å²) in [5.74, 6) is -0.534. The number of hydrogen-bond acceptors (Lipinski definition) is 5. The van der Waals surface area contributed by atoms with E-state index in [9.17, 15) is 17.6 Å². The van der Waals surface area contributed by atoms with Crippen LogP contribution < -0.4 is 4.72 Å². The number of sulfonamides is 1. The van der Waals surface area contributed by atoms with Crippen molar-refractivity contribution in [3.63, 3.8) is 0 Å². The molecular weight excluding hydrogens is 443 g/mol. The maximum absolute atomic E-state index is 14.0. The van der Waals surface area contributed by atoms with E-state index in [0.29, 0.717) is 48.9 Å². The van der Waals surface area contributed by atoms with Gasteiger partial charge in [0.25, 0.3) is 5.91 Å². The zero-order chi connectivity index (χ0) is 22.4. The monoisotopic (exact) mass is 464 g/mol. The Balaban J connectivity index is 1.58. The molecule has 2 aromatic carbocycles. The third kappa shape index (κ3) is 5.80. The molecule has 0 bridgehead atoms. The molecule has 3 rings (SSSR count). The summed E-state index contributed by atoms with van der Waals surface area (Å²) in [4.78, 5) is 16.5. The maximum atomic E-state index is 14.0. The average molecular weight is 465 g/mol. The molecule has 1 aliphatic rings. The van der Waals surface area contributed by atoms with Crippen LogP contribution in [0.5, 0.6) is 0 Å². The third-order valence-electron chi connectivity index (χ3n) is 5.04. The van der Waals surface area contributed by atoms with Gasteiger partial charge in [0.2, 0.25) is 10.0 Å². The molecular formula is C21H22ClFN4O3S. The lowest BCUT2D eigenvalue weighted by Crippen LogP contribution is -2.48. The standard InChI is InChI=1S/C21H22ClFN4O3S/c22-19-3-1-4-20(23)18(19)15-26-11-13-27(14-12-26)21(28)16-5-7-17(8-6-16)31(29,30)25-10-2-9-24/h1,3-8,25H,2,10-15H2. The highest BCUT2D eigenvalue weighted by molar-refractivity contribution is 7.89. The third-order valence-corrected chi connectivity index (χ3v) is 6.87. The largest absolute Gasteiger partial charge is 0.336 e. The van der Waals surface area contributed by atoms with Crippen LogP contribution >= 0.6 is 11.6 Å². The molecule has 1 saturated heterocycles. The number of nitrogens with zero attached hydrogens (tertiary/aromatic N) is 3. The lowest BCUT2D eigenvalue weighted by molar-refractivity contribution is 0.0627. The quantitative estimate of drug-likeness (QED) is 0.636. The van der Waals surface area contributed by atoms with Gasteiger partial charge in [0.1, 0.15) is 5.82 Å². The van der Waals surface area contributed by atoms with E-state index >= 15 is 0 Å². The van der Waals surface area contributed by atoms with Crippen LogP contribution in [-0.2, 0) is 16.6 Å². The minimum absolute atomic E-state index is 0.0296. The van der Waals surface area contributed by atoms with Crippen molar-refractivity contribution in [1.82, 2.24) is 14.5 Å². The summed E-state index contributed by atoms with van der Waals surface area (Å²) in [5.41, 5.74) is 0.839. The molecule has 1 fully saturated rings. The molecule has 7 nitrogen and oxygen atoms in total. The van der Waals surface area contributed by atoms with Crippen molar-refractivity contribution in [1.29, 1.82) is 5.26 Å². The molecule has 1 aliphatic heterocycles. The Morgan fingerprint density at radius 1 is 1.13 bits per heavy atom. The molecule has 1 amide bonds. The molecule has 10 heteroatoms. The molecule has 0 aromatic heterocycles. The molecule has 0 spiro atoms. The molecule has 1 heterocycles. The van der Waals surface area contributed by atoms with Crippen molar-refractivity contribution in [3.8, 4) is 6.07 Å². The van der Waals surface area contributed by atoms with E-state index in [0.717, 1.165) is 0 Å². The van der Waals surface area contributed by atoms with E-state index < -0.39 is 10.0 Å². The highest BCUT2D eigenvalue weighted by Gasteiger charge is 2.24. The molecule has 0 aliphatic carbocycles. The highest BCUT2D eigenvalue weighted by Crippen LogP contribution is 2.22. The number of rotatable bonds is 7. The summed E-state index contributed by atoms with van der Waals surface area (Å²) in [5, 5.41) is 8.90. The van der Waals surface area contributed by atoms with Crippen LogP contribution in [-0.4, -0.2) is 56.8 Å². The van der Waals surface area contributed by atoms with Gasteiger partial charge in [-0.05, 0) is 36.4 Å². The van der Waals surface area contributed by atoms with Crippen LogP contribution in [0.2, 0.25) is 5.02 Å². The van der Waals surface area contributed by atoms with E-state index in [1.54, 1.807) is 17.0 Å². The number of halogens is 2. The molecule has 0 atom stereocenters. The number of nitriles is 1. The van der Waals surface area contributed by atoms with E-state index in [1.165, 1.54) is 30.3 Å². The van der Waals surface area contributed by atoms with Crippen LogP contribution in [0.25, 0.3) is 0 Å². The number of piperazine rings is 1. The van der Waals surface area contributed by atoms with E-state index in [-0.39, 0.29) is 29.6 Å². The van der Waals surface area contributed by atoms with Gasteiger partial charge in [-0.3, -0.25) is 9.69 Å². The average Bonchev–Trinajstić information content (AvgIpc) is 2.76. The van der Waals surface area contributed by atoms with Gasteiger partial charge >= 0.3 is 0 Å². The van der Waals surface area contributed by atoms with E-state index in [4.69, 9.17) is 16.9 Å². The van der Waals surface area contributed by atoms with Crippen molar-refractivity contribution in [2.45, 2.75) is 17.9 Å². The van der Waals surface area contributed by atoms with Gasteiger partial charge in [-0.25, -0.2) is 17.5 Å². The predicted molar refractivity (Wildman–Crippen MR) is 114 cm³/mol. The molecule has 0 unspecified atom stereocenters. The fourth-order valence-corrected chi connectivity index (χ4v) is 4.55. The second kappa shape index (κ2) is 10.2. The smallest absolute Gasteiger partial charge is 0.253 e. The topological polar surface area (TPSA) is 93.5 Å². The van der Waals surface area contributed by atoms with Crippen LogP contribution in [0.4, 0.5) is 4.39 Å². The number of amides is 1. The van der Waals surface area contributed by atoms with E-state index in [2.05, 4.69) is 4.72 Å². The number of carbonyl (C=O) groups is 1. The fourth-order valence-electron chi connectivity index (χ4n) is 3.30. The number of hydrogen-bond donors (Lipinski definition) is 1.